The van der Waals surface area contributed by atoms with Crippen LogP contribution in [-0.2, 0) is 9.59 Å². The number of carbonyl (C=O) groups excluding carboxylic acids is 2. The van der Waals surface area contributed by atoms with Crippen molar-refractivity contribution in [3.05, 3.63) is 24.5 Å². The predicted molar refractivity (Wildman–Crippen MR) is 73.2 cm³/mol. The lowest BCUT2D eigenvalue weighted by atomic mass is 10.1. The Morgan fingerprint density at radius 3 is 2.90 bits per heavy atom. The van der Waals surface area contributed by atoms with Crippen LogP contribution < -0.4 is 10.1 Å². The normalized spacial score (nSPS) is 18.4. The van der Waals surface area contributed by atoms with Crippen molar-refractivity contribution >= 4 is 11.8 Å². The van der Waals surface area contributed by atoms with Gasteiger partial charge in [-0.15, -0.1) is 0 Å². The molecule has 1 aliphatic heterocycles. The monoisotopic (exact) mass is 277 g/mol. The Kier molecular flexibility index (Phi) is 4.92. The maximum absolute atomic E-state index is 11.9. The fraction of sp³-hybridized carbons (Fsp3) is 0.500. The molecule has 0 aromatic carbocycles. The highest BCUT2D eigenvalue weighted by Gasteiger charge is 2.24. The molecule has 2 rings (SSSR count). The van der Waals surface area contributed by atoms with E-state index in [4.69, 9.17) is 4.74 Å². The van der Waals surface area contributed by atoms with Gasteiger partial charge in [-0.1, -0.05) is 0 Å². The van der Waals surface area contributed by atoms with E-state index in [2.05, 4.69) is 10.3 Å². The molecule has 1 N–H and O–H groups in total. The van der Waals surface area contributed by atoms with Gasteiger partial charge in [0.05, 0.1) is 13.1 Å². The number of ether oxygens (including phenoxy) is 1. The van der Waals surface area contributed by atoms with Gasteiger partial charge >= 0.3 is 0 Å². The number of rotatable bonds is 4. The van der Waals surface area contributed by atoms with Gasteiger partial charge in [0.15, 0.2) is 0 Å². The molecule has 0 aliphatic carbocycles. The highest BCUT2D eigenvalue weighted by molar-refractivity contribution is 5.83. The second-order valence-corrected chi connectivity index (χ2v) is 4.81. The Morgan fingerprint density at radius 2 is 2.20 bits per heavy atom. The number of likely N-dealkylation sites (tertiary alicyclic amines) is 1. The lowest BCUT2D eigenvalue weighted by molar-refractivity contribution is -0.134. The summed E-state index contributed by atoms with van der Waals surface area (Å²) in [5.74, 6) is 0.504. The Hall–Kier alpha value is -2.11. The standard InChI is InChI=1S/C14H19N3O3/c1-11(18)16-9-14(19)17-8-2-3-13(10-17)20-12-4-6-15-7-5-12/h4-7,13H,2-3,8-10H2,1H3,(H,16,18). The molecule has 6 heteroatoms. The van der Waals surface area contributed by atoms with Crippen LogP contribution >= 0.6 is 0 Å². The highest BCUT2D eigenvalue weighted by atomic mass is 16.5. The third kappa shape index (κ3) is 4.22. The van der Waals surface area contributed by atoms with Gasteiger partial charge < -0.3 is 15.0 Å². The van der Waals surface area contributed by atoms with Crippen LogP contribution in [0.3, 0.4) is 0 Å². The molecular formula is C14H19N3O3. The van der Waals surface area contributed by atoms with E-state index in [1.54, 1.807) is 29.4 Å². The Morgan fingerprint density at radius 1 is 1.45 bits per heavy atom. The van der Waals surface area contributed by atoms with Gasteiger partial charge in [0.2, 0.25) is 11.8 Å². The van der Waals surface area contributed by atoms with Gasteiger partial charge in [-0.2, -0.15) is 0 Å². The molecule has 1 aliphatic rings. The minimum absolute atomic E-state index is 0.00701. The van der Waals surface area contributed by atoms with Gasteiger partial charge in [-0.05, 0) is 25.0 Å². The first-order valence-electron chi connectivity index (χ1n) is 6.74. The van der Waals surface area contributed by atoms with Crippen LogP contribution in [0.15, 0.2) is 24.5 Å². The first-order chi connectivity index (χ1) is 9.65. The summed E-state index contributed by atoms with van der Waals surface area (Å²) in [4.78, 5) is 28.4. The average Bonchev–Trinajstić information content (AvgIpc) is 2.46. The number of hydrogen-bond acceptors (Lipinski definition) is 4. The molecule has 6 nitrogen and oxygen atoms in total. The number of piperidine rings is 1. The largest absolute Gasteiger partial charge is 0.488 e. The van der Waals surface area contributed by atoms with E-state index in [0.29, 0.717) is 13.1 Å². The maximum atomic E-state index is 11.9. The number of nitrogens with zero attached hydrogens (tertiary/aromatic N) is 2. The van der Waals surface area contributed by atoms with Crippen molar-refractivity contribution in [3.8, 4) is 5.75 Å². The van der Waals surface area contributed by atoms with E-state index in [1.807, 2.05) is 0 Å². The number of aromatic nitrogens is 1. The fourth-order valence-electron chi connectivity index (χ4n) is 2.18. The lowest BCUT2D eigenvalue weighted by Gasteiger charge is -2.33. The number of carbonyl (C=O) groups is 2. The molecular weight excluding hydrogens is 258 g/mol. The summed E-state index contributed by atoms with van der Waals surface area (Å²) in [6.45, 7) is 2.73. The van der Waals surface area contributed by atoms with Crippen molar-refractivity contribution in [2.45, 2.75) is 25.9 Å². The minimum Gasteiger partial charge on any atom is -0.488 e. The van der Waals surface area contributed by atoms with Crippen LogP contribution in [0.2, 0.25) is 0 Å². The summed E-state index contributed by atoms with van der Waals surface area (Å²) in [6.07, 6.45) is 5.18. The fourth-order valence-corrected chi connectivity index (χ4v) is 2.18. The van der Waals surface area contributed by atoms with E-state index in [0.717, 1.165) is 18.6 Å². The van der Waals surface area contributed by atoms with Gasteiger partial charge in [0.25, 0.3) is 0 Å². The minimum atomic E-state index is -0.194. The number of nitrogens with one attached hydrogen (secondary N) is 1. The third-order valence-electron chi connectivity index (χ3n) is 3.17. The summed E-state index contributed by atoms with van der Waals surface area (Å²) in [7, 11) is 0. The first-order valence-corrected chi connectivity index (χ1v) is 6.74. The predicted octanol–water partition coefficient (Wildman–Crippen LogP) is 0.587. The van der Waals surface area contributed by atoms with E-state index in [-0.39, 0.29) is 24.5 Å². The summed E-state index contributed by atoms with van der Waals surface area (Å²) < 4.78 is 5.84. The Balaban J connectivity index is 1.85. The van der Waals surface area contributed by atoms with Gasteiger partial charge in [0, 0.05) is 25.9 Å². The summed E-state index contributed by atoms with van der Waals surface area (Å²) >= 11 is 0. The van der Waals surface area contributed by atoms with Crippen LogP contribution in [0.5, 0.6) is 5.75 Å². The first kappa shape index (κ1) is 14.3. The van der Waals surface area contributed by atoms with Gasteiger partial charge in [-0.3, -0.25) is 14.6 Å². The second-order valence-electron chi connectivity index (χ2n) is 4.81. The summed E-state index contributed by atoms with van der Waals surface area (Å²) in [5, 5.41) is 2.53. The van der Waals surface area contributed by atoms with Crippen LogP contribution in [0.1, 0.15) is 19.8 Å². The third-order valence-corrected chi connectivity index (χ3v) is 3.17. The lowest BCUT2D eigenvalue weighted by Crippen LogP contribution is -2.47. The molecule has 0 saturated carbocycles. The van der Waals surface area contributed by atoms with E-state index in [9.17, 15) is 9.59 Å². The van der Waals surface area contributed by atoms with E-state index >= 15 is 0 Å². The molecule has 20 heavy (non-hydrogen) atoms. The van der Waals surface area contributed by atoms with E-state index < -0.39 is 0 Å². The molecule has 0 spiro atoms. The molecule has 1 saturated heterocycles. The topological polar surface area (TPSA) is 71.5 Å². The van der Waals surface area contributed by atoms with Crippen LogP contribution in [0, 0.1) is 0 Å². The zero-order valence-corrected chi connectivity index (χ0v) is 11.5. The zero-order valence-electron chi connectivity index (χ0n) is 11.5. The SMILES string of the molecule is CC(=O)NCC(=O)N1CCCC(Oc2ccncc2)C1. The van der Waals surface area contributed by atoms with Crippen LogP contribution in [0.4, 0.5) is 0 Å². The molecule has 0 bridgehead atoms. The van der Waals surface area contributed by atoms with Crippen molar-refractivity contribution in [1.82, 2.24) is 15.2 Å². The molecule has 108 valence electrons. The molecule has 1 atom stereocenters. The summed E-state index contributed by atoms with van der Waals surface area (Å²) in [5.41, 5.74) is 0. The van der Waals surface area contributed by atoms with Gasteiger partial charge in [-0.25, -0.2) is 0 Å². The number of pyridine rings is 1. The molecule has 0 radical (unpaired) electrons. The molecule has 2 heterocycles. The van der Waals surface area contributed by atoms with Crippen molar-refractivity contribution in [1.29, 1.82) is 0 Å². The van der Waals surface area contributed by atoms with Crippen molar-refractivity contribution < 1.29 is 14.3 Å². The summed E-state index contributed by atoms with van der Waals surface area (Å²) in [6, 6.07) is 3.61. The molecule has 1 aromatic heterocycles. The molecule has 2 amide bonds. The van der Waals surface area contributed by atoms with Gasteiger partial charge in [0.1, 0.15) is 11.9 Å². The molecule has 1 aromatic rings. The van der Waals surface area contributed by atoms with E-state index in [1.165, 1.54) is 6.92 Å². The molecule has 1 fully saturated rings. The van der Waals surface area contributed by atoms with Crippen LogP contribution in [0.25, 0.3) is 0 Å². The quantitative estimate of drug-likeness (QED) is 0.874. The second kappa shape index (κ2) is 6.88. The molecule has 1 unspecified atom stereocenters. The van der Waals surface area contributed by atoms with Crippen molar-refractivity contribution in [2.24, 2.45) is 0 Å². The van der Waals surface area contributed by atoms with Crippen molar-refractivity contribution in [3.63, 3.8) is 0 Å². The van der Waals surface area contributed by atoms with Crippen LogP contribution in [-0.4, -0.2) is 47.4 Å². The number of hydrogen-bond donors (Lipinski definition) is 1. The maximum Gasteiger partial charge on any atom is 0.242 e. The highest BCUT2D eigenvalue weighted by Crippen LogP contribution is 2.17. The average molecular weight is 277 g/mol. The van der Waals surface area contributed by atoms with Crippen molar-refractivity contribution in [2.75, 3.05) is 19.6 Å². The number of amides is 2. The zero-order chi connectivity index (χ0) is 14.4. The Labute approximate surface area is 118 Å². The Bertz CT molecular complexity index is 464. The smallest absolute Gasteiger partial charge is 0.242 e.